The average Bonchev–Trinajstić information content (AvgIpc) is 3.25. The summed E-state index contributed by atoms with van der Waals surface area (Å²) in [5.41, 5.74) is 0.605. The molecule has 0 spiro atoms. The first-order valence-electron chi connectivity index (χ1n) is 6.87. The van der Waals surface area contributed by atoms with Gasteiger partial charge in [-0.2, -0.15) is 0 Å². The molecule has 0 bridgehead atoms. The van der Waals surface area contributed by atoms with Crippen molar-refractivity contribution in [2.45, 2.75) is 5.22 Å². The zero-order chi connectivity index (χ0) is 16.8. The van der Waals surface area contributed by atoms with Crippen LogP contribution in [0.25, 0.3) is 10.8 Å². The molecule has 0 radical (unpaired) electrons. The fourth-order valence-electron chi connectivity index (χ4n) is 1.74. The minimum atomic E-state index is -0.586. The number of urea groups is 1. The number of imide groups is 1. The molecule has 24 heavy (non-hydrogen) atoms. The third kappa shape index (κ3) is 4.43. The molecule has 0 atom stereocenters. The fraction of sp³-hybridized carbons (Fsp3) is 0.0667. The third-order valence-corrected chi connectivity index (χ3v) is 4.43. The van der Waals surface area contributed by atoms with Gasteiger partial charge < -0.3 is 9.73 Å². The SMILES string of the molecule is O=C(CSc1nnc(-c2cccs2)o1)NC(=O)Nc1ccccc1. The lowest BCUT2D eigenvalue weighted by molar-refractivity contribution is -0.117. The zero-order valence-electron chi connectivity index (χ0n) is 12.3. The number of thioether (sulfide) groups is 1. The molecule has 0 fully saturated rings. The predicted molar refractivity (Wildman–Crippen MR) is 91.9 cm³/mol. The lowest BCUT2D eigenvalue weighted by Gasteiger charge is -2.05. The summed E-state index contributed by atoms with van der Waals surface area (Å²) < 4.78 is 5.45. The number of benzene rings is 1. The molecule has 0 saturated carbocycles. The van der Waals surface area contributed by atoms with E-state index in [1.807, 2.05) is 23.6 Å². The maximum Gasteiger partial charge on any atom is 0.325 e. The van der Waals surface area contributed by atoms with Crippen LogP contribution < -0.4 is 10.6 Å². The minimum absolute atomic E-state index is 0.00567. The van der Waals surface area contributed by atoms with Gasteiger partial charge in [0.1, 0.15) is 0 Å². The summed E-state index contributed by atoms with van der Waals surface area (Å²) in [4.78, 5) is 24.3. The molecule has 0 aliphatic carbocycles. The Bertz CT molecular complexity index is 818. The van der Waals surface area contributed by atoms with Crippen LogP contribution in [0.1, 0.15) is 0 Å². The Hall–Kier alpha value is -2.65. The van der Waals surface area contributed by atoms with Crippen LogP contribution in [0.4, 0.5) is 10.5 Å². The number of rotatable bonds is 5. The first-order valence-corrected chi connectivity index (χ1v) is 8.73. The second kappa shape index (κ2) is 7.75. The van der Waals surface area contributed by atoms with Gasteiger partial charge in [0.25, 0.3) is 11.1 Å². The van der Waals surface area contributed by atoms with E-state index in [0.717, 1.165) is 16.6 Å². The molecule has 0 aliphatic rings. The van der Waals surface area contributed by atoms with Gasteiger partial charge in [0.05, 0.1) is 10.6 Å². The molecule has 0 aliphatic heterocycles. The summed E-state index contributed by atoms with van der Waals surface area (Å²) in [6, 6.07) is 12.0. The van der Waals surface area contributed by atoms with E-state index in [4.69, 9.17) is 4.42 Å². The summed E-state index contributed by atoms with van der Waals surface area (Å²) >= 11 is 2.55. The van der Waals surface area contributed by atoms with Crippen molar-refractivity contribution in [1.82, 2.24) is 15.5 Å². The van der Waals surface area contributed by atoms with Gasteiger partial charge in [-0.25, -0.2) is 4.79 Å². The Balaban J connectivity index is 1.46. The van der Waals surface area contributed by atoms with E-state index in [-0.39, 0.29) is 11.0 Å². The summed E-state index contributed by atoms with van der Waals surface area (Å²) in [6.45, 7) is 0. The van der Waals surface area contributed by atoms with Gasteiger partial charge in [-0.05, 0) is 23.6 Å². The maximum atomic E-state index is 11.8. The van der Waals surface area contributed by atoms with E-state index in [1.165, 1.54) is 11.3 Å². The summed E-state index contributed by atoms with van der Waals surface area (Å²) in [5.74, 6) is -0.0482. The van der Waals surface area contributed by atoms with Crippen LogP contribution in [-0.2, 0) is 4.79 Å². The molecule has 3 rings (SSSR count). The number of nitrogens with one attached hydrogen (secondary N) is 2. The largest absolute Gasteiger partial charge is 0.410 e. The summed E-state index contributed by atoms with van der Waals surface area (Å²) in [7, 11) is 0. The highest BCUT2D eigenvalue weighted by Gasteiger charge is 2.13. The Labute approximate surface area is 145 Å². The van der Waals surface area contributed by atoms with Gasteiger partial charge in [0, 0.05) is 5.69 Å². The van der Waals surface area contributed by atoms with E-state index in [2.05, 4.69) is 20.8 Å². The number of carbonyl (C=O) groups excluding carboxylic acids is 2. The van der Waals surface area contributed by atoms with Crippen molar-refractivity contribution < 1.29 is 14.0 Å². The van der Waals surface area contributed by atoms with E-state index in [0.29, 0.717) is 11.6 Å². The van der Waals surface area contributed by atoms with Crippen LogP contribution in [0.3, 0.4) is 0 Å². The second-order valence-corrected chi connectivity index (χ2v) is 6.38. The van der Waals surface area contributed by atoms with Gasteiger partial charge >= 0.3 is 6.03 Å². The Morgan fingerprint density at radius 2 is 1.96 bits per heavy atom. The highest BCUT2D eigenvalue weighted by molar-refractivity contribution is 7.99. The molecule has 1 aromatic carbocycles. The highest BCUT2D eigenvalue weighted by atomic mass is 32.2. The normalized spacial score (nSPS) is 10.3. The predicted octanol–water partition coefficient (Wildman–Crippen LogP) is 3.24. The van der Waals surface area contributed by atoms with Gasteiger partial charge in [0.2, 0.25) is 5.91 Å². The number of hydrogen-bond acceptors (Lipinski definition) is 7. The Kier molecular flexibility index (Phi) is 5.24. The standard InChI is InChI=1S/C15H12N4O3S2/c20-12(17-14(21)16-10-5-2-1-3-6-10)9-24-15-19-18-13(22-15)11-7-4-8-23-11/h1-8H,9H2,(H2,16,17,20,21). The van der Waals surface area contributed by atoms with Crippen molar-refractivity contribution in [3.63, 3.8) is 0 Å². The number of hydrogen-bond donors (Lipinski definition) is 2. The average molecular weight is 360 g/mol. The Morgan fingerprint density at radius 3 is 2.71 bits per heavy atom. The molecule has 9 heteroatoms. The van der Waals surface area contributed by atoms with Crippen LogP contribution in [0.15, 0.2) is 57.5 Å². The van der Waals surface area contributed by atoms with Crippen molar-refractivity contribution >= 4 is 40.7 Å². The molecule has 2 heterocycles. The number of nitrogens with zero attached hydrogens (tertiary/aromatic N) is 2. The first-order chi connectivity index (χ1) is 11.7. The molecular formula is C15H12N4O3S2. The number of aromatic nitrogens is 2. The zero-order valence-corrected chi connectivity index (χ0v) is 13.9. The van der Waals surface area contributed by atoms with Crippen molar-refractivity contribution in [2.75, 3.05) is 11.1 Å². The Morgan fingerprint density at radius 1 is 1.12 bits per heavy atom. The number of para-hydroxylation sites is 1. The number of thiophene rings is 1. The van der Waals surface area contributed by atoms with Crippen molar-refractivity contribution in [3.05, 3.63) is 47.8 Å². The van der Waals surface area contributed by atoms with Crippen molar-refractivity contribution in [3.8, 4) is 10.8 Å². The smallest absolute Gasteiger partial charge is 0.325 e. The molecule has 3 amide bonds. The molecule has 7 nitrogen and oxygen atoms in total. The van der Waals surface area contributed by atoms with Crippen LogP contribution in [0.5, 0.6) is 0 Å². The van der Waals surface area contributed by atoms with Crippen molar-refractivity contribution in [1.29, 1.82) is 0 Å². The van der Waals surface area contributed by atoms with E-state index >= 15 is 0 Å². The van der Waals surface area contributed by atoms with Crippen LogP contribution in [0, 0.1) is 0 Å². The van der Waals surface area contributed by atoms with E-state index in [1.54, 1.807) is 24.3 Å². The monoisotopic (exact) mass is 360 g/mol. The van der Waals surface area contributed by atoms with Gasteiger partial charge in [-0.15, -0.1) is 21.5 Å². The quantitative estimate of drug-likeness (QED) is 0.678. The number of amides is 3. The molecule has 2 N–H and O–H groups in total. The van der Waals surface area contributed by atoms with Crippen molar-refractivity contribution in [2.24, 2.45) is 0 Å². The van der Waals surface area contributed by atoms with E-state index in [9.17, 15) is 9.59 Å². The van der Waals surface area contributed by atoms with Crippen LogP contribution >= 0.6 is 23.1 Å². The van der Waals surface area contributed by atoms with Gasteiger partial charge in [-0.3, -0.25) is 10.1 Å². The molecular weight excluding hydrogens is 348 g/mol. The third-order valence-electron chi connectivity index (χ3n) is 2.75. The summed E-state index contributed by atoms with van der Waals surface area (Å²) in [5, 5.41) is 14.8. The topological polar surface area (TPSA) is 97.1 Å². The lowest BCUT2D eigenvalue weighted by Crippen LogP contribution is -2.35. The highest BCUT2D eigenvalue weighted by Crippen LogP contribution is 2.26. The van der Waals surface area contributed by atoms with Crippen LogP contribution in [0.2, 0.25) is 0 Å². The lowest BCUT2D eigenvalue weighted by atomic mass is 10.3. The fourth-order valence-corrected chi connectivity index (χ4v) is 2.95. The number of carbonyl (C=O) groups is 2. The molecule has 122 valence electrons. The molecule has 0 saturated heterocycles. The number of anilines is 1. The molecule has 2 aromatic heterocycles. The molecule has 0 unspecified atom stereocenters. The van der Waals surface area contributed by atoms with Gasteiger partial charge in [-0.1, -0.05) is 36.0 Å². The molecule has 3 aromatic rings. The first kappa shape index (κ1) is 16.2. The maximum absolute atomic E-state index is 11.8. The van der Waals surface area contributed by atoms with E-state index < -0.39 is 11.9 Å². The summed E-state index contributed by atoms with van der Waals surface area (Å²) in [6.07, 6.45) is 0. The second-order valence-electron chi connectivity index (χ2n) is 4.51. The minimum Gasteiger partial charge on any atom is -0.410 e. The van der Waals surface area contributed by atoms with Gasteiger partial charge in [0.15, 0.2) is 0 Å². The van der Waals surface area contributed by atoms with Crippen LogP contribution in [-0.4, -0.2) is 27.9 Å².